The topological polar surface area (TPSA) is 140 Å². The Morgan fingerprint density at radius 2 is 2.28 bits per heavy atom. The van der Waals surface area contributed by atoms with Crippen LogP contribution in [0.4, 0.5) is 10.7 Å². The molecule has 11 nitrogen and oxygen atoms in total. The van der Waals surface area contributed by atoms with E-state index < -0.39 is 12.3 Å². The van der Waals surface area contributed by atoms with Gasteiger partial charge in [0.1, 0.15) is 6.07 Å². The summed E-state index contributed by atoms with van der Waals surface area (Å²) in [6.07, 6.45) is 3.87. The van der Waals surface area contributed by atoms with Gasteiger partial charge in [0.2, 0.25) is 5.95 Å². The lowest BCUT2D eigenvalue weighted by Crippen LogP contribution is -2.43. The number of nitrogens with two attached hydrogens (primary N) is 1. The van der Waals surface area contributed by atoms with E-state index in [2.05, 4.69) is 20.2 Å². The number of hydrogen-bond acceptors (Lipinski definition) is 8. The number of carbonyl (C=O) groups is 1. The Balaban J connectivity index is 1.62. The van der Waals surface area contributed by atoms with E-state index in [1.807, 2.05) is 6.07 Å². The fourth-order valence-corrected chi connectivity index (χ4v) is 2.42. The number of nitrogens with zero attached hydrogens (tertiary/aromatic N) is 8. The van der Waals surface area contributed by atoms with E-state index in [4.69, 9.17) is 10.5 Å². The van der Waals surface area contributed by atoms with Crippen molar-refractivity contribution in [3.8, 4) is 17.5 Å². The maximum atomic E-state index is 11.9. The van der Waals surface area contributed by atoms with E-state index in [0.717, 1.165) is 6.42 Å². The van der Waals surface area contributed by atoms with Crippen LogP contribution in [0.3, 0.4) is 0 Å². The average molecular weight is 339 g/mol. The summed E-state index contributed by atoms with van der Waals surface area (Å²) in [7, 11) is 0. The van der Waals surface area contributed by atoms with E-state index in [-0.39, 0.29) is 5.95 Å². The second kappa shape index (κ2) is 5.75. The number of likely N-dealkylation sites (tertiary alicyclic amines) is 1. The van der Waals surface area contributed by atoms with Gasteiger partial charge in [0.05, 0.1) is 11.8 Å². The summed E-state index contributed by atoms with van der Waals surface area (Å²) < 4.78 is 7.92. The smallest absolute Gasteiger partial charge is 0.409 e. The molecule has 1 aliphatic heterocycles. The van der Waals surface area contributed by atoms with Gasteiger partial charge in [-0.05, 0) is 6.42 Å². The first kappa shape index (κ1) is 14.9. The molecule has 0 spiro atoms. The van der Waals surface area contributed by atoms with Crippen LogP contribution in [-0.4, -0.2) is 53.4 Å². The zero-order chi connectivity index (χ0) is 17.4. The third-order valence-electron chi connectivity index (χ3n) is 3.81. The molecule has 0 radical (unpaired) electrons. The quantitative estimate of drug-likeness (QED) is 0.724. The zero-order valence-corrected chi connectivity index (χ0v) is 13.0. The lowest BCUT2D eigenvalue weighted by molar-refractivity contribution is 0.0360. The first-order valence-corrected chi connectivity index (χ1v) is 7.52. The van der Waals surface area contributed by atoms with Crippen molar-refractivity contribution in [1.82, 2.24) is 34.3 Å². The third kappa shape index (κ3) is 2.59. The molecule has 0 bridgehead atoms. The Bertz CT molecular complexity index is 982. The molecule has 1 fully saturated rings. The lowest BCUT2D eigenvalue weighted by Gasteiger charge is -2.30. The number of nitriles is 1. The van der Waals surface area contributed by atoms with E-state index >= 15 is 0 Å². The molecular weight excluding hydrogens is 326 g/mol. The largest absolute Gasteiger partial charge is 0.412 e. The molecule has 2 N–H and O–H groups in total. The maximum Gasteiger partial charge on any atom is 0.412 e. The van der Waals surface area contributed by atoms with Gasteiger partial charge >= 0.3 is 6.09 Å². The Labute approximate surface area is 141 Å². The van der Waals surface area contributed by atoms with E-state index in [1.54, 1.807) is 18.5 Å². The number of anilines is 1. The Hall–Kier alpha value is -3.68. The van der Waals surface area contributed by atoms with Crippen molar-refractivity contribution in [2.24, 2.45) is 0 Å². The number of hydrogen-bond donors (Lipinski definition) is 1. The number of rotatable bonds is 3. The van der Waals surface area contributed by atoms with Crippen LogP contribution in [0.1, 0.15) is 12.6 Å². The van der Waals surface area contributed by atoms with Gasteiger partial charge < -0.3 is 15.4 Å². The molecule has 0 aliphatic carbocycles. The molecule has 1 unspecified atom stereocenters. The van der Waals surface area contributed by atoms with E-state index in [1.165, 1.54) is 20.3 Å². The number of aromatic nitrogens is 6. The highest BCUT2D eigenvalue weighted by atomic mass is 16.6. The highest BCUT2D eigenvalue weighted by molar-refractivity contribution is 5.68. The van der Waals surface area contributed by atoms with Crippen molar-refractivity contribution in [2.45, 2.75) is 12.6 Å². The number of fused-ring (bicyclic) bond motifs is 1. The first-order chi connectivity index (χ1) is 12.2. The molecule has 1 saturated heterocycles. The third-order valence-corrected chi connectivity index (χ3v) is 3.81. The van der Waals surface area contributed by atoms with Crippen LogP contribution >= 0.6 is 0 Å². The fraction of sp³-hybridized carbons (Fsp3) is 0.286. The van der Waals surface area contributed by atoms with Gasteiger partial charge in [-0.2, -0.15) is 19.9 Å². The standard InChI is InChI=1S/C14H13N9O2/c15-6-11(25-14(24)21-4-1-5-21)22-8-9(7-18-22)12-17-3-2-10-19-13(16)20-23(10)12/h2-3,7-8,11H,1,4-5H2,(H2,16,20). The van der Waals surface area contributed by atoms with Crippen molar-refractivity contribution < 1.29 is 9.53 Å². The summed E-state index contributed by atoms with van der Waals surface area (Å²) in [5.41, 5.74) is 6.74. The molecule has 4 rings (SSSR count). The van der Waals surface area contributed by atoms with Crippen LogP contribution in [-0.2, 0) is 4.74 Å². The summed E-state index contributed by atoms with van der Waals surface area (Å²) >= 11 is 0. The van der Waals surface area contributed by atoms with Gasteiger partial charge in [0, 0.05) is 31.5 Å². The van der Waals surface area contributed by atoms with Gasteiger partial charge in [-0.3, -0.25) is 0 Å². The number of nitrogen functional groups attached to an aromatic ring is 1. The van der Waals surface area contributed by atoms with Gasteiger partial charge in [0.25, 0.3) is 6.23 Å². The molecule has 25 heavy (non-hydrogen) atoms. The lowest BCUT2D eigenvalue weighted by atomic mass is 10.2. The molecule has 1 aliphatic rings. The van der Waals surface area contributed by atoms with E-state index in [9.17, 15) is 10.1 Å². The predicted molar refractivity (Wildman–Crippen MR) is 83.7 cm³/mol. The maximum absolute atomic E-state index is 11.9. The summed E-state index contributed by atoms with van der Waals surface area (Å²) in [5, 5.41) is 17.5. The van der Waals surface area contributed by atoms with Crippen LogP contribution in [0.2, 0.25) is 0 Å². The summed E-state index contributed by atoms with van der Waals surface area (Å²) in [4.78, 5) is 21.7. The minimum Gasteiger partial charge on any atom is -0.409 e. The molecule has 4 heterocycles. The highest BCUT2D eigenvalue weighted by Crippen LogP contribution is 2.20. The minimum atomic E-state index is -1.16. The average Bonchev–Trinajstić information content (AvgIpc) is 3.16. The number of ether oxygens (including phenoxy) is 1. The van der Waals surface area contributed by atoms with E-state index in [0.29, 0.717) is 30.1 Å². The second-order valence-corrected chi connectivity index (χ2v) is 5.42. The van der Waals surface area contributed by atoms with Crippen LogP contribution in [0.25, 0.3) is 17.0 Å². The van der Waals surface area contributed by atoms with Crippen molar-refractivity contribution in [1.29, 1.82) is 5.26 Å². The molecular formula is C14H13N9O2. The SMILES string of the molecule is N#CC(OC(=O)N1CCC1)n1cc(-c2nccc3nc(N)nn23)cn1. The van der Waals surface area contributed by atoms with Gasteiger partial charge in [-0.15, -0.1) is 5.10 Å². The van der Waals surface area contributed by atoms with Crippen LogP contribution in [0.5, 0.6) is 0 Å². The first-order valence-electron chi connectivity index (χ1n) is 7.52. The highest BCUT2D eigenvalue weighted by Gasteiger charge is 2.26. The second-order valence-electron chi connectivity index (χ2n) is 5.42. The zero-order valence-electron chi connectivity index (χ0n) is 13.0. The van der Waals surface area contributed by atoms with Gasteiger partial charge in [0.15, 0.2) is 11.5 Å². The fourth-order valence-electron chi connectivity index (χ4n) is 2.42. The molecule has 11 heteroatoms. The molecule has 3 aromatic rings. The monoisotopic (exact) mass is 339 g/mol. The summed E-state index contributed by atoms with van der Waals surface area (Å²) in [6.45, 7) is 1.28. The Kier molecular flexibility index (Phi) is 3.42. The van der Waals surface area contributed by atoms with Crippen molar-refractivity contribution in [3.63, 3.8) is 0 Å². The molecule has 1 atom stereocenters. The molecule has 1 amide bonds. The number of carbonyl (C=O) groups excluding carboxylic acids is 1. The Morgan fingerprint density at radius 3 is 3.00 bits per heavy atom. The minimum absolute atomic E-state index is 0.125. The molecule has 0 aromatic carbocycles. The molecule has 3 aromatic heterocycles. The predicted octanol–water partition coefficient (Wildman–Crippen LogP) is 0.434. The molecule has 0 saturated carbocycles. The van der Waals surface area contributed by atoms with Crippen LogP contribution < -0.4 is 5.73 Å². The summed E-state index contributed by atoms with van der Waals surface area (Å²) in [6, 6.07) is 3.58. The van der Waals surface area contributed by atoms with Gasteiger partial charge in [-0.1, -0.05) is 0 Å². The molecule has 126 valence electrons. The van der Waals surface area contributed by atoms with Crippen molar-refractivity contribution >= 4 is 17.7 Å². The van der Waals surface area contributed by atoms with Crippen molar-refractivity contribution in [3.05, 3.63) is 24.7 Å². The van der Waals surface area contributed by atoms with Crippen LogP contribution in [0.15, 0.2) is 24.7 Å². The summed E-state index contributed by atoms with van der Waals surface area (Å²) in [5.74, 6) is 0.582. The van der Waals surface area contributed by atoms with Gasteiger partial charge in [-0.25, -0.2) is 14.5 Å². The van der Waals surface area contributed by atoms with Crippen molar-refractivity contribution in [2.75, 3.05) is 18.8 Å². The van der Waals surface area contributed by atoms with Crippen LogP contribution in [0, 0.1) is 11.3 Å². The normalized spacial score (nSPS) is 14.8. The Morgan fingerprint density at radius 1 is 1.44 bits per heavy atom. The number of amides is 1.